The van der Waals surface area contributed by atoms with Crippen LogP contribution in [0.25, 0.3) is 0 Å². The first-order chi connectivity index (χ1) is 10.9. The van der Waals surface area contributed by atoms with E-state index in [4.69, 9.17) is 9.47 Å². The molecule has 2 aliphatic rings. The molecule has 0 amide bonds. The Kier molecular flexibility index (Phi) is 4.69. The quantitative estimate of drug-likeness (QED) is 0.841. The Labute approximate surface area is 134 Å². The maximum atomic E-state index is 14.0. The van der Waals surface area contributed by atoms with Gasteiger partial charge in [0.2, 0.25) is 0 Å². The van der Waals surface area contributed by atoms with Crippen LogP contribution >= 0.6 is 0 Å². The summed E-state index contributed by atoms with van der Waals surface area (Å²) in [6.45, 7) is 1.36. The fourth-order valence-corrected chi connectivity index (χ4v) is 3.65. The molecule has 0 spiro atoms. The number of hydrogen-bond acceptors (Lipinski definition) is 3. The van der Waals surface area contributed by atoms with Gasteiger partial charge in [-0.2, -0.15) is 8.78 Å². The molecule has 3 nitrogen and oxygen atoms in total. The van der Waals surface area contributed by atoms with Crippen LogP contribution in [0.5, 0.6) is 5.75 Å². The molecule has 1 aliphatic carbocycles. The van der Waals surface area contributed by atoms with Crippen molar-refractivity contribution in [3.63, 3.8) is 0 Å². The van der Waals surface area contributed by atoms with Crippen molar-refractivity contribution in [1.82, 2.24) is 0 Å². The van der Waals surface area contributed by atoms with Crippen LogP contribution in [0.15, 0.2) is 42.5 Å². The molecular weight excluding hydrogens is 302 g/mol. The van der Waals surface area contributed by atoms with Crippen molar-refractivity contribution in [2.45, 2.75) is 38.1 Å². The molecule has 3 rings (SSSR count). The standard InChI is InChI=1S/C18H22F2O3/c1-12-9-16-15(10-17(21)23-16)14(12)7-8-18(19,20)11-22-13-5-3-2-4-6-13/h2-8,12,14-17,21H,9-11H2,1H3/b8-7+/t12-,14+,15-,16+,17?/m1/s1. The Balaban J connectivity index is 1.59. The van der Waals surface area contributed by atoms with Crippen LogP contribution in [-0.2, 0) is 4.74 Å². The van der Waals surface area contributed by atoms with Crippen molar-refractivity contribution in [2.75, 3.05) is 6.61 Å². The van der Waals surface area contributed by atoms with Crippen LogP contribution in [0.2, 0.25) is 0 Å². The van der Waals surface area contributed by atoms with E-state index in [1.807, 2.05) is 6.92 Å². The van der Waals surface area contributed by atoms with Gasteiger partial charge in [0, 0.05) is 6.42 Å². The zero-order valence-electron chi connectivity index (χ0n) is 13.1. The molecule has 1 aromatic carbocycles. The molecule has 0 aromatic heterocycles. The molecule has 1 saturated carbocycles. The first kappa shape index (κ1) is 16.4. The normalized spacial score (nSPS) is 34.0. The van der Waals surface area contributed by atoms with E-state index in [1.165, 1.54) is 0 Å². The summed E-state index contributed by atoms with van der Waals surface area (Å²) < 4.78 is 38.6. The number of allylic oxidation sites excluding steroid dienone is 1. The maximum absolute atomic E-state index is 14.0. The molecule has 0 radical (unpaired) electrons. The number of benzene rings is 1. The molecule has 5 atom stereocenters. The van der Waals surface area contributed by atoms with Crippen LogP contribution in [0.4, 0.5) is 8.78 Å². The average molecular weight is 324 g/mol. The number of rotatable bonds is 5. The van der Waals surface area contributed by atoms with Crippen LogP contribution in [-0.4, -0.2) is 30.0 Å². The molecular formula is C18H22F2O3. The van der Waals surface area contributed by atoms with Gasteiger partial charge in [-0.05, 0) is 42.4 Å². The third kappa shape index (κ3) is 3.90. The minimum Gasteiger partial charge on any atom is -0.487 e. The Bertz CT molecular complexity index is 546. The highest BCUT2D eigenvalue weighted by Crippen LogP contribution is 2.46. The van der Waals surface area contributed by atoms with Crippen LogP contribution in [0.1, 0.15) is 19.8 Å². The van der Waals surface area contributed by atoms with E-state index in [9.17, 15) is 13.9 Å². The van der Waals surface area contributed by atoms with Gasteiger partial charge in [0.05, 0.1) is 6.10 Å². The number of ether oxygens (including phenoxy) is 2. The summed E-state index contributed by atoms with van der Waals surface area (Å²) >= 11 is 0. The van der Waals surface area contributed by atoms with Crippen molar-refractivity contribution in [2.24, 2.45) is 17.8 Å². The predicted octanol–water partition coefficient (Wildman–Crippen LogP) is 3.64. The Hall–Kier alpha value is -1.46. The monoisotopic (exact) mass is 324 g/mol. The molecule has 0 bridgehead atoms. The van der Waals surface area contributed by atoms with Crippen molar-refractivity contribution in [1.29, 1.82) is 0 Å². The number of halogens is 2. The fraction of sp³-hybridized carbons (Fsp3) is 0.556. The lowest BCUT2D eigenvalue weighted by Crippen LogP contribution is -2.24. The van der Waals surface area contributed by atoms with E-state index in [1.54, 1.807) is 36.4 Å². The minimum atomic E-state index is -3.02. The molecule has 1 N–H and O–H groups in total. The highest BCUT2D eigenvalue weighted by Gasteiger charge is 2.46. The Morgan fingerprint density at radius 3 is 2.78 bits per heavy atom. The van der Waals surface area contributed by atoms with Gasteiger partial charge < -0.3 is 14.6 Å². The lowest BCUT2D eigenvalue weighted by atomic mass is 9.88. The molecule has 1 aromatic rings. The van der Waals surface area contributed by atoms with E-state index >= 15 is 0 Å². The van der Waals surface area contributed by atoms with Gasteiger partial charge in [0.15, 0.2) is 12.9 Å². The number of alkyl halides is 2. The summed E-state index contributed by atoms with van der Waals surface area (Å²) in [7, 11) is 0. The fourth-order valence-electron chi connectivity index (χ4n) is 3.65. The van der Waals surface area contributed by atoms with Gasteiger partial charge >= 0.3 is 0 Å². The van der Waals surface area contributed by atoms with Gasteiger partial charge in [0.1, 0.15) is 5.75 Å². The van der Waals surface area contributed by atoms with Gasteiger partial charge in [-0.25, -0.2) is 0 Å². The smallest absolute Gasteiger partial charge is 0.299 e. The maximum Gasteiger partial charge on any atom is 0.299 e. The molecule has 126 valence electrons. The SMILES string of the molecule is C[C@@H]1C[C@@H]2OC(O)C[C@@H]2[C@H]1/C=C/C(F)(F)COc1ccccc1. The largest absolute Gasteiger partial charge is 0.487 e. The first-order valence-electron chi connectivity index (χ1n) is 8.03. The topological polar surface area (TPSA) is 38.7 Å². The molecule has 1 saturated heterocycles. The highest BCUT2D eigenvalue weighted by atomic mass is 19.3. The minimum absolute atomic E-state index is 0.0103. The number of fused-ring (bicyclic) bond motifs is 1. The molecule has 1 unspecified atom stereocenters. The van der Waals surface area contributed by atoms with Crippen molar-refractivity contribution >= 4 is 0 Å². The summed E-state index contributed by atoms with van der Waals surface area (Å²) in [6.07, 6.45) is 3.10. The van der Waals surface area contributed by atoms with Crippen LogP contribution in [0, 0.1) is 17.8 Å². The third-order valence-corrected chi connectivity index (χ3v) is 4.78. The number of aliphatic hydroxyl groups is 1. The lowest BCUT2D eigenvalue weighted by Gasteiger charge is -2.19. The van der Waals surface area contributed by atoms with Gasteiger partial charge in [-0.3, -0.25) is 0 Å². The van der Waals surface area contributed by atoms with E-state index in [0.29, 0.717) is 12.2 Å². The summed E-state index contributed by atoms with van der Waals surface area (Å²) in [5, 5.41) is 9.56. The number of hydrogen-bond donors (Lipinski definition) is 1. The van der Waals surface area contributed by atoms with E-state index in [2.05, 4.69) is 0 Å². The molecule has 2 fully saturated rings. The first-order valence-corrected chi connectivity index (χ1v) is 8.03. The van der Waals surface area contributed by atoms with Crippen molar-refractivity contribution in [3.05, 3.63) is 42.5 Å². The van der Waals surface area contributed by atoms with Gasteiger partial charge in [-0.1, -0.05) is 31.2 Å². The molecule has 5 heteroatoms. The summed E-state index contributed by atoms with van der Waals surface area (Å²) in [5.41, 5.74) is 0. The summed E-state index contributed by atoms with van der Waals surface area (Å²) in [6, 6.07) is 8.60. The van der Waals surface area contributed by atoms with E-state index in [-0.39, 0.29) is 23.9 Å². The van der Waals surface area contributed by atoms with Crippen LogP contribution in [0.3, 0.4) is 0 Å². The van der Waals surface area contributed by atoms with Crippen LogP contribution < -0.4 is 4.74 Å². The molecule has 23 heavy (non-hydrogen) atoms. The van der Waals surface area contributed by atoms with Crippen molar-refractivity contribution in [3.8, 4) is 5.75 Å². The summed E-state index contributed by atoms with van der Waals surface area (Å²) in [4.78, 5) is 0. The molecule has 1 aliphatic heterocycles. The van der Waals surface area contributed by atoms with Gasteiger partial charge in [-0.15, -0.1) is 0 Å². The number of para-hydroxylation sites is 1. The third-order valence-electron chi connectivity index (χ3n) is 4.78. The second kappa shape index (κ2) is 6.57. The molecule has 1 heterocycles. The number of aliphatic hydroxyl groups excluding tert-OH is 1. The lowest BCUT2D eigenvalue weighted by molar-refractivity contribution is -0.0922. The van der Waals surface area contributed by atoms with E-state index in [0.717, 1.165) is 12.5 Å². The van der Waals surface area contributed by atoms with E-state index < -0.39 is 18.8 Å². The second-order valence-corrected chi connectivity index (χ2v) is 6.54. The predicted molar refractivity (Wildman–Crippen MR) is 82.3 cm³/mol. The zero-order valence-corrected chi connectivity index (χ0v) is 13.1. The van der Waals surface area contributed by atoms with Gasteiger partial charge in [0.25, 0.3) is 5.92 Å². The highest BCUT2D eigenvalue weighted by molar-refractivity contribution is 5.21. The Morgan fingerprint density at radius 1 is 1.30 bits per heavy atom. The second-order valence-electron chi connectivity index (χ2n) is 6.54. The summed E-state index contributed by atoms with van der Waals surface area (Å²) in [5.74, 6) is -2.17. The average Bonchev–Trinajstić information content (AvgIpc) is 2.99. The zero-order chi connectivity index (χ0) is 16.4. The Morgan fingerprint density at radius 2 is 2.04 bits per heavy atom. The van der Waals surface area contributed by atoms with Crippen molar-refractivity contribution < 1.29 is 23.4 Å².